The third-order valence-corrected chi connectivity index (χ3v) is 5.99. The van der Waals surface area contributed by atoms with Crippen molar-refractivity contribution in [1.29, 1.82) is 0 Å². The lowest BCUT2D eigenvalue weighted by Crippen LogP contribution is -2.45. The van der Waals surface area contributed by atoms with Crippen LogP contribution in [0.25, 0.3) is 0 Å². The van der Waals surface area contributed by atoms with Gasteiger partial charge in [-0.25, -0.2) is 4.39 Å². The number of halogens is 2. The van der Waals surface area contributed by atoms with Crippen molar-refractivity contribution >= 4 is 29.3 Å². The van der Waals surface area contributed by atoms with Gasteiger partial charge in [0.05, 0.1) is 12.5 Å². The molecule has 3 aliphatic heterocycles. The summed E-state index contributed by atoms with van der Waals surface area (Å²) in [7, 11) is 0. The molecule has 1 N–H and O–H groups in total. The zero-order valence-corrected chi connectivity index (χ0v) is 15.5. The van der Waals surface area contributed by atoms with E-state index in [1.807, 2.05) is 0 Å². The molecular weight excluding hydrogens is 373 g/mol. The number of hydrogen-bond acceptors (Lipinski definition) is 3. The molecule has 3 aliphatic rings. The lowest BCUT2D eigenvalue weighted by molar-refractivity contribution is -0.139. The first-order valence-corrected chi connectivity index (χ1v) is 9.66. The molecule has 3 amide bonds. The fraction of sp³-hybridized carbons (Fsp3) is 0.526. The molecule has 3 fully saturated rings. The van der Waals surface area contributed by atoms with Crippen molar-refractivity contribution in [1.82, 2.24) is 15.1 Å². The van der Waals surface area contributed by atoms with Gasteiger partial charge in [-0.05, 0) is 43.9 Å². The van der Waals surface area contributed by atoms with E-state index in [2.05, 4.69) is 5.32 Å². The molecule has 3 atom stereocenters. The van der Waals surface area contributed by atoms with Crippen molar-refractivity contribution in [2.24, 2.45) is 5.92 Å². The first kappa shape index (κ1) is 18.2. The van der Waals surface area contributed by atoms with Crippen LogP contribution in [-0.4, -0.2) is 59.2 Å². The highest BCUT2D eigenvalue weighted by molar-refractivity contribution is 6.31. The molecule has 6 nitrogen and oxygen atoms in total. The molecule has 0 aliphatic carbocycles. The SMILES string of the molecule is O=C1CN(C(=O)[C@@H]2C[C@H]3CC[C@H]2N3C(=O)c2cc(F)cc(Cl)c2)CCCN1. The van der Waals surface area contributed by atoms with Gasteiger partial charge in [0.2, 0.25) is 11.8 Å². The van der Waals surface area contributed by atoms with Crippen LogP contribution in [0.1, 0.15) is 36.0 Å². The van der Waals surface area contributed by atoms with Crippen molar-refractivity contribution < 1.29 is 18.8 Å². The number of carbonyl (C=O) groups excluding carboxylic acids is 3. The van der Waals surface area contributed by atoms with E-state index < -0.39 is 5.82 Å². The fourth-order valence-electron chi connectivity index (χ4n) is 4.63. The Bertz CT molecular complexity index is 782. The minimum absolute atomic E-state index is 0.0284. The predicted molar refractivity (Wildman–Crippen MR) is 96.7 cm³/mol. The van der Waals surface area contributed by atoms with Gasteiger partial charge in [0.25, 0.3) is 5.91 Å². The van der Waals surface area contributed by atoms with Crippen LogP contribution in [0.3, 0.4) is 0 Å². The second kappa shape index (κ2) is 7.11. The molecule has 1 aromatic rings. The van der Waals surface area contributed by atoms with Crippen LogP contribution in [0.5, 0.6) is 0 Å². The number of hydrogen-bond donors (Lipinski definition) is 1. The monoisotopic (exact) mass is 393 g/mol. The van der Waals surface area contributed by atoms with Crippen molar-refractivity contribution in [2.75, 3.05) is 19.6 Å². The van der Waals surface area contributed by atoms with Crippen molar-refractivity contribution in [3.63, 3.8) is 0 Å². The number of amides is 3. The Kier molecular flexibility index (Phi) is 4.80. The van der Waals surface area contributed by atoms with Gasteiger partial charge in [-0.2, -0.15) is 0 Å². The molecule has 8 heteroatoms. The molecule has 3 heterocycles. The standard InChI is InChI=1S/C19H21ClFN3O3/c20-12-6-11(7-13(21)8-12)18(26)24-14-2-3-16(24)15(9-14)19(27)23-5-1-4-22-17(25)10-23/h6-8,14-16H,1-5,9-10H2,(H,22,25)/t14-,15-,16-/m1/s1. The van der Waals surface area contributed by atoms with Gasteiger partial charge in [-0.15, -0.1) is 0 Å². The molecule has 2 bridgehead atoms. The average Bonchev–Trinajstić information content (AvgIpc) is 3.12. The number of rotatable bonds is 2. The third-order valence-electron chi connectivity index (χ3n) is 5.77. The van der Waals surface area contributed by atoms with Crippen LogP contribution in [0.2, 0.25) is 5.02 Å². The number of nitrogens with zero attached hydrogens (tertiary/aromatic N) is 2. The van der Waals surface area contributed by atoms with E-state index in [1.54, 1.807) is 9.80 Å². The van der Waals surface area contributed by atoms with Crippen LogP contribution in [0.15, 0.2) is 18.2 Å². The van der Waals surface area contributed by atoms with Crippen LogP contribution in [-0.2, 0) is 9.59 Å². The number of carbonyl (C=O) groups is 3. The minimum Gasteiger partial charge on any atom is -0.354 e. The van der Waals surface area contributed by atoms with Crippen LogP contribution < -0.4 is 5.32 Å². The van der Waals surface area contributed by atoms with Crippen molar-refractivity contribution in [2.45, 2.75) is 37.8 Å². The largest absolute Gasteiger partial charge is 0.354 e. The Balaban J connectivity index is 1.53. The van der Waals surface area contributed by atoms with E-state index in [0.717, 1.165) is 25.3 Å². The molecular formula is C19H21ClFN3O3. The predicted octanol–water partition coefficient (Wildman–Crippen LogP) is 1.82. The van der Waals surface area contributed by atoms with Crippen molar-refractivity contribution in [3.8, 4) is 0 Å². The molecule has 1 aromatic carbocycles. The molecule has 0 unspecified atom stereocenters. The van der Waals surface area contributed by atoms with Gasteiger partial charge in [0.1, 0.15) is 5.82 Å². The molecule has 144 valence electrons. The summed E-state index contributed by atoms with van der Waals surface area (Å²) in [5, 5.41) is 2.94. The van der Waals surface area contributed by atoms with Gasteiger partial charge in [-0.3, -0.25) is 14.4 Å². The van der Waals surface area contributed by atoms with Crippen LogP contribution >= 0.6 is 11.6 Å². The second-order valence-electron chi connectivity index (χ2n) is 7.47. The Morgan fingerprint density at radius 2 is 2.04 bits per heavy atom. The highest BCUT2D eigenvalue weighted by atomic mass is 35.5. The third kappa shape index (κ3) is 3.40. The topological polar surface area (TPSA) is 69.7 Å². The first-order chi connectivity index (χ1) is 12.9. The zero-order valence-electron chi connectivity index (χ0n) is 14.8. The summed E-state index contributed by atoms with van der Waals surface area (Å²) in [5.41, 5.74) is 0.208. The van der Waals surface area contributed by atoms with Crippen LogP contribution in [0.4, 0.5) is 4.39 Å². The Hall–Kier alpha value is -2.15. The number of benzene rings is 1. The summed E-state index contributed by atoms with van der Waals surface area (Å²) < 4.78 is 13.7. The van der Waals surface area contributed by atoms with E-state index in [4.69, 9.17) is 11.6 Å². The number of nitrogens with one attached hydrogen (secondary N) is 1. The highest BCUT2D eigenvalue weighted by Gasteiger charge is 2.52. The van der Waals surface area contributed by atoms with Gasteiger partial charge in [0.15, 0.2) is 0 Å². The van der Waals surface area contributed by atoms with Gasteiger partial charge in [0, 0.05) is 35.8 Å². The molecule has 27 heavy (non-hydrogen) atoms. The Labute approximate surface area is 161 Å². The van der Waals surface area contributed by atoms with E-state index in [0.29, 0.717) is 19.5 Å². The van der Waals surface area contributed by atoms with E-state index in [9.17, 15) is 18.8 Å². The lowest BCUT2D eigenvalue weighted by Gasteiger charge is -2.28. The Morgan fingerprint density at radius 1 is 1.22 bits per heavy atom. The second-order valence-corrected chi connectivity index (χ2v) is 7.91. The van der Waals surface area contributed by atoms with Gasteiger partial charge < -0.3 is 15.1 Å². The molecule has 0 aromatic heterocycles. The first-order valence-electron chi connectivity index (χ1n) is 9.28. The average molecular weight is 394 g/mol. The summed E-state index contributed by atoms with van der Waals surface area (Å²) in [6, 6.07) is 3.57. The quantitative estimate of drug-likeness (QED) is 0.833. The lowest BCUT2D eigenvalue weighted by atomic mass is 9.88. The van der Waals surface area contributed by atoms with Gasteiger partial charge >= 0.3 is 0 Å². The highest BCUT2D eigenvalue weighted by Crippen LogP contribution is 2.43. The van der Waals surface area contributed by atoms with Crippen LogP contribution in [0, 0.1) is 11.7 Å². The molecule has 0 radical (unpaired) electrons. The zero-order chi connectivity index (χ0) is 19.1. The maximum Gasteiger partial charge on any atom is 0.254 e. The molecule has 3 saturated heterocycles. The summed E-state index contributed by atoms with van der Waals surface area (Å²) in [6.07, 6.45) is 2.90. The Morgan fingerprint density at radius 3 is 2.81 bits per heavy atom. The summed E-state index contributed by atoms with van der Waals surface area (Å²) in [5.74, 6) is -1.35. The fourth-order valence-corrected chi connectivity index (χ4v) is 4.85. The minimum atomic E-state index is -0.555. The van der Waals surface area contributed by atoms with Crippen molar-refractivity contribution in [3.05, 3.63) is 34.6 Å². The van der Waals surface area contributed by atoms with Gasteiger partial charge in [-0.1, -0.05) is 11.6 Å². The molecule has 0 spiro atoms. The molecule has 4 rings (SSSR count). The summed E-state index contributed by atoms with van der Waals surface area (Å²) in [4.78, 5) is 41.1. The maximum absolute atomic E-state index is 13.7. The molecule has 0 saturated carbocycles. The van der Waals surface area contributed by atoms with E-state index >= 15 is 0 Å². The maximum atomic E-state index is 13.7. The van der Waals surface area contributed by atoms with E-state index in [-0.39, 0.29) is 52.9 Å². The number of fused-ring (bicyclic) bond motifs is 2. The summed E-state index contributed by atoms with van der Waals surface area (Å²) in [6.45, 7) is 1.18. The summed E-state index contributed by atoms with van der Waals surface area (Å²) >= 11 is 5.89. The normalized spacial score (nSPS) is 27.5. The smallest absolute Gasteiger partial charge is 0.254 e. The van der Waals surface area contributed by atoms with E-state index in [1.165, 1.54) is 12.1 Å².